The number of carbonyl (C=O) groups excluding carboxylic acids is 1. The van der Waals surface area contributed by atoms with Crippen molar-refractivity contribution in [2.75, 3.05) is 18.4 Å². The van der Waals surface area contributed by atoms with Crippen LogP contribution in [0.25, 0.3) is 0 Å². The maximum Gasteiger partial charge on any atom is 0.311 e. The highest BCUT2D eigenvalue weighted by Crippen LogP contribution is 2.30. The fourth-order valence-corrected chi connectivity index (χ4v) is 1.63. The maximum atomic E-state index is 11.5. The molecule has 0 atom stereocenters. The Morgan fingerprint density at radius 2 is 2.14 bits per heavy atom. The van der Waals surface area contributed by atoms with Gasteiger partial charge in [0.15, 0.2) is 5.75 Å². The minimum atomic E-state index is -0.491. The number of hydrogen-bond acceptors (Lipinski definition) is 5. The number of rotatable bonds is 8. The monoisotopic (exact) mass is 295 g/mol. The molecule has 7 heteroatoms. The quantitative estimate of drug-likeness (QED) is 0.567. The normalized spacial score (nSPS) is 10.3. The van der Waals surface area contributed by atoms with Crippen molar-refractivity contribution in [3.63, 3.8) is 0 Å². The Morgan fingerprint density at radius 1 is 1.43 bits per heavy atom. The smallest absolute Gasteiger partial charge is 0.311 e. The van der Waals surface area contributed by atoms with Crippen LogP contribution in [0.4, 0.5) is 11.4 Å². The minimum Gasteiger partial charge on any atom is -0.484 e. The lowest BCUT2D eigenvalue weighted by molar-refractivity contribution is -0.386. The molecule has 0 bridgehead atoms. The second kappa shape index (κ2) is 8.08. The molecule has 0 aliphatic heterocycles. The predicted octanol–water partition coefficient (Wildman–Crippen LogP) is 2.32. The molecule has 0 saturated heterocycles. The number of nitrogens with one attached hydrogen (secondary N) is 2. The average Bonchev–Trinajstić information content (AvgIpc) is 2.42. The van der Waals surface area contributed by atoms with Crippen LogP contribution in [-0.2, 0) is 4.79 Å². The SMILES string of the molecule is CCCNC(=O)CNc1ccc([N+](=O)[O-])c(OC(C)C)c1. The number of nitro benzene ring substituents is 1. The molecule has 1 rings (SSSR count). The number of carbonyl (C=O) groups is 1. The van der Waals surface area contributed by atoms with Crippen LogP contribution >= 0.6 is 0 Å². The highest BCUT2D eigenvalue weighted by Gasteiger charge is 2.16. The highest BCUT2D eigenvalue weighted by molar-refractivity contribution is 5.80. The average molecular weight is 295 g/mol. The molecule has 0 heterocycles. The van der Waals surface area contributed by atoms with E-state index in [0.717, 1.165) is 6.42 Å². The van der Waals surface area contributed by atoms with Gasteiger partial charge in [-0.2, -0.15) is 0 Å². The zero-order chi connectivity index (χ0) is 15.8. The van der Waals surface area contributed by atoms with Gasteiger partial charge in [0.25, 0.3) is 0 Å². The number of ether oxygens (including phenoxy) is 1. The fraction of sp³-hybridized carbons (Fsp3) is 0.500. The molecule has 1 amide bonds. The number of amides is 1. The summed E-state index contributed by atoms with van der Waals surface area (Å²) in [6, 6.07) is 4.45. The van der Waals surface area contributed by atoms with E-state index in [4.69, 9.17) is 4.74 Å². The van der Waals surface area contributed by atoms with Gasteiger partial charge in [-0.25, -0.2) is 0 Å². The standard InChI is InChI=1S/C14H21N3O4/c1-4-7-15-14(18)9-16-11-5-6-12(17(19)20)13(8-11)21-10(2)3/h5-6,8,10,16H,4,7,9H2,1-3H3,(H,15,18). The molecule has 0 saturated carbocycles. The summed E-state index contributed by atoms with van der Waals surface area (Å²) in [5.41, 5.74) is 0.507. The lowest BCUT2D eigenvalue weighted by Crippen LogP contribution is -2.30. The number of nitro groups is 1. The van der Waals surface area contributed by atoms with Crippen molar-refractivity contribution in [2.45, 2.75) is 33.3 Å². The Bertz CT molecular complexity index is 503. The van der Waals surface area contributed by atoms with Crippen LogP contribution in [0.5, 0.6) is 5.75 Å². The third-order valence-corrected chi connectivity index (χ3v) is 2.54. The number of hydrogen-bond donors (Lipinski definition) is 2. The summed E-state index contributed by atoms with van der Waals surface area (Å²) in [6.07, 6.45) is 0.696. The van der Waals surface area contributed by atoms with Gasteiger partial charge >= 0.3 is 5.69 Å². The lowest BCUT2D eigenvalue weighted by atomic mass is 10.2. The van der Waals surface area contributed by atoms with E-state index in [1.165, 1.54) is 12.1 Å². The van der Waals surface area contributed by atoms with Crippen molar-refractivity contribution in [1.29, 1.82) is 0 Å². The maximum absolute atomic E-state index is 11.5. The molecular formula is C14H21N3O4. The highest BCUT2D eigenvalue weighted by atomic mass is 16.6. The summed E-state index contributed by atoms with van der Waals surface area (Å²) in [7, 11) is 0. The Balaban J connectivity index is 2.75. The predicted molar refractivity (Wildman–Crippen MR) is 80.7 cm³/mol. The molecule has 0 radical (unpaired) electrons. The van der Waals surface area contributed by atoms with Crippen LogP contribution in [0.15, 0.2) is 18.2 Å². The van der Waals surface area contributed by atoms with E-state index >= 15 is 0 Å². The Morgan fingerprint density at radius 3 is 2.71 bits per heavy atom. The fourth-order valence-electron chi connectivity index (χ4n) is 1.63. The molecule has 0 aliphatic carbocycles. The molecule has 7 nitrogen and oxygen atoms in total. The molecule has 0 unspecified atom stereocenters. The molecule has 1 aromatic rings. The summed E-state index contributed by atoms with van der Waals surface area (Å²) in [5.74, 6) is 0.0653. The molecule has 2 N–H and O–H groups in total. The van der Waals surface area contributed by atoms with Crippen LogP contribution in [0.2, 0.25) is 0 Å². The van der Waals surface area contributed by atoms with Crippen molar-refractivity contribution in [3.05, 3.63) is 28.3 Å². The topological polar surface area (TPSA) is 93.5 Å². The third kappa shape index (κ3) is 5.68. The lowest BCUT2D eigenvalue weighted by Gasteiger charge is -2.12. The van der Waals surface area contributed by atoms with Crippen molar-refractivity contribution >= 4 is 17.3 Å². The van der Waals surface area contributed by atoms with Gasteiger partial charge in [-0.1, -0.05) is 6.92 Å². The first-order valence-corrected chi connectivity index (χ1v) is 6.89. The summed E-state index contributed by atoms with van der Waals surface area (Å²) < 4.78 is 5.44. The second-order valence-electron chi connectivity index (χ2n) is 4.81. The molecule has 21 heavy (non-hydrogen) atoms. The molecule has 1 aromatic carbocycles. The number of anilines is 1. The van der Waals surface area contributed by atoms with E-state index in [1.807, 2.05) is 6.92 Å². The van der Waals surface area contributed by atoms with Gasteiger partial charge in [0.1, 0.15) is 0 Å². The van der Waals surface area contributed by atoms with Crippen LogP contribution in [0.1, 0.15) is 27.2 Å². The molecule has 0 spiro atoms. The van der Waals surface area contributed by atoms with Gasteiger partial charge in [-0.05, 0) is 26.3 Å². The van der Waals surface area contributed by atoms with Gasteiger partial charge in [-0.3, -0.25) is 14.9 Å². The first-order chi connectivity index (χ1) is 9.93. The minimum absolute atomic E-state index is 0.0929. The largest absolute Gasteiger partial charge is 0.484 e. The van der Waals surface area contributed by atoms with E-state index in [0.29, 0.717) is 12.2 Å². The second-order valence-corrected chi connectivity index (χ2v) is 4.81. The van der Waals surface area contributed by atoms with Gasteiger partial charge in [-0.15, -0.1) is 0 Å². The van der Waals surface area contributed by atoms with E-state index in [9.17, 15) is 14.9 Å². The van der Waals surface area contributed by atoms with Crippen LogP contribution in [0.3, 0.4) is 0 Å². The molecule has 0 aliphatic rings. The zero-order valence-electron chi connectivity index (χ0n) is 12.5. The van der Waals surface area contributed by atoms with E-state index in [2.05, 4.69) is 10.6 Å². The molecule has 0 fully saturated rings. The van der Waals surface area contributed by atoms with Crippen LogP contribution in [0, 0.1) is 10.1 Å². The summed E-state index contributed by atoms with van der Waals surface area (Å²) in [6.45, 7) is 6.30. The van der Waals surface area contributed by atoms with Gasteiger partial charge in [0.05, 0.1) is 17.6 Å². The van der Waals surface area contributed by atoms with Crippen molar-refractivity contribution in [3.8, 4) is 5.75 Å². The molecular weight excluding hydrogens is 274 g/mol. The third-order valence-electron chi connectivity index (χ3n) is 2.54. The Hall–Kier alpha value is -2.31. The van der Waals surface area contributed by atoms with E-state index < -0.39 is 4.92 Å². The molecule has 0 aromatic heterocycles. The van der Waals surface area contributed by atoms with Gasteiger partial charge in [0.2, 0.25) is 5.91 Å². The molecule has 116 valence electrons. The van der Waals surface area contributed by atoms with Crippen LogP contribution < -0.4 is 15.4 Å². The Kier molecular flexibility index (Phi) is 6.45. The summed E-state index contributed by atoms with van der Waals surface area (Å²) in [4.78, 5) is 21.9. The first-order valence-electron chi connectivity index (χ1n) is 6.89. The number of nitrogens with zero attached hydrogens (tertiary/aromatic N) is 1. The van der Waals surface area contributed by atoms with Crippen molar-refractivity contribution in [2.24, 2.45) is 0 Å². The van der Waals surface area contributed by atoms with Gasteiger partial charge < -0.3 is 15.4 Å². The van der Waals surface area contributed by atoms with Crippen LogP contribution in [-0.4, -0.2) is 30.0 Å². The summed E-state index contributed by atoms with van der Waals surface area (Å²) >= 11 is 0. The van der Waals surface area contributed by atoms with Crippen molar-refractivity contribution < 1.29 is 14.5 Å². The van der Waals surface area contributed by atoms with Gasteiger partial charge in [0, 0.05) is 24.4 Å². The summed E-state index contributed by atoms with van der Waals surface area (Å²) in [5, 5.41) is 16.6. The van der Waals surface area contributed by atoms with Crippen molar-refractivity contribution in [1.82, 2.24) is 5.32 Å². The van der Waals surface area contributed by atoms with E-state index in [-0.39, 0.29) is 30.0 Å². The zero-order valence-corrected chi connectivity index (χ0v) is 12.5. The van der Waals surface area contributed by atoms with E-state index in [1.54, 1.807) is 19.9 Å². The first kappa shape index (κ1) is 16.7. The Labute approximate surface area is 123 Å². The number of benzene rings is 1.